The molecular weight excluding hydrogens is 576 g/mol. The summed E-state index contributed by atoms with van der Waals surface area (Å²) in [6.07, 6.45) is -0.0336. The van der Waals surface area contributed by atoms with Crippen LogP contribution in [-0.4, -0.2) is 52.7 Å². The van der Waals surface area contributed by atoms with E-state index in [4.69, 9.17) is 22.4 Å². The molecule has 0 spiro atoms. The Balaban J connectivity index is 0.00000151. The van der Waals surface area contributed by atoms with Crippen molar-refractivity contribution in [2.24, 2.45) is 0 Å². The van der Waals surface area contributed by atoms with Crippen LogP contribution in [0.5, 0.6) is 0 Å². The van der Waals surface area contributed by atoms with Crippen molar-refractivity contribution in [3.63, 3.8) is 0 Å². The Kier molecular flexibility index (Phi) is 10.4. The number of cyclic esters (lactones) is 1. The molecule has 174 valence electrons. The molecule has 0 aromatic heterocycles. The normalized spacial score (nSPS) is 18.5. The molecule has 0 N–H and O–H groups in total. The fourth-order valence-corrected chi connectivity index (χ4v) is 3.38. The van der Waals surface area contributed by atoms with Crippen molar-refractivity contribution in [1.82, 2.24) is 4.90 Å². The van der Waals surface area contributed by atoms with Crippen LogP contribution < -0.4 is 0 Å². The molecule has 1 aromatic carbocycles. The number of benzene rings is 1. The number of hydrogen-bond donors (Lipinski definition) is 0. The Morgan fingerprint density at radius 1 is 1.10 bits per heavy atom. The van der Waals surface area contributed by atoms with Crippen LogP contribution in [0, 0.1) is 0 Å². The average molecular weight is 610 g/mol. The number of carbonyl (C=O) groups is 2. The van der Waals surface area contributed by atoms with E-state index in [1.54, 1.807) is 0 Å². The van der Waals surface area contributed by atoms with E-state index in [9.17, 15) is 9.59 Å². The van der Waals surface area contributed by atoms with E-state index < -0.39 is 35.0 Å². The molecule has 9 heteroatoms. The van der Waals surface area contributed by atoms with Gasteiger partial charge in [0.1, 0.15) is 6.61 Å². The third kappa shape index (κ3) is 9.55. The summed E-state index contributed by atoms with van der Waals surface area (Å²) in [6.45, 7) is 13.9. The molecule has 2 amide bonds. The summed E-state index contributed by atoms with van der Waals surface area (Å²) in [5, 5.41) is 9.45. The zero-order valence-corrected chi connectivity index (χ0v) is 21.8. The van der Waals surface area contributed by atoms with Gasteiger partial charge < -0.3 is 15.4 Å². The minimum atomic E-state index is -2.08. The molecule has 0 bridgehead atoms. The van der Waals surface area contributed by atoms with Gasteiger partial charge >= 0.3 is 30.5 Å². The minimum absolute atomic E-state index is 0.201. The molecule has 3 atom stereocenters. The molecule has 1 aromatic rings. The molecule has 0 unspecified atom stereocenters. The molecule has 1 heterocycles. The SMILES string of the molecule is C[C@H]([N-]C(C)(C)C)[C@@H]([N-]C(C)(C)C)C(=O)N1C(=O)OC[C@@H]1Cc1ccccc1.[O]=[Os+2]=[O]. The van der Waals surface area contributed by atoms with Gasteiger partial charge in [0.15, 0.2) is 0 Å². The summed E-state index contributed by atoms with van der Waals surface area (Å²) in [6, 6.07) is 8.39. The van der Waals surface area contributed by atoms with Crippen molar-refractivity contribution in [3.05, 3.63) is 46.5 Å². The van der Waals surface area contributed by atoms with Gasteiger partial charge in [0.05, 0.1) is 6.04 Å². The van der Waals surface area contributed by atoms with Gasteiger partial charge in [-0.2, -0.15) is 0 Å². The number of hydrogen-bond acceptors (Lipinski definition) is 5. The third-order valence-electron chi connectivity index (χ3n) is 4.34. The van der Waals surface area contributed by atoms with Gasteiger partial charge in [0.2, 0.25) is 5.91 Å². The number of amides is 2. The van der Waals surface area contributed by atoms with Crippen LogP contribution in [0.1, 0.15) is 54.0 Å². The summed E-state index contributed by atoms with van der Waals surface area (Å²) in [5.74, 6) is -0.334. The topological polar surface area (TPSA) is 109 Å². The Labute approximate surface area is 192 Å². The summed E-state index contributed by atoms with van der Waals surface area (Å²) < 4.78 is 22.3. The van der Waals surface area contributed by atoms with Gasteiger partial charge in [-0.1, -0.05) is 84.8 Å². The fraction of sp³-hybridized carbons (Fsp3) is 0.636. The van der Waals surface area contributed by atoms with Crippen LogP contribution in [-0.2, 0) is 40.3 Å². The standard InChI is InChI=1S/C22H33N3O3.2O.Os/c1-15(23-21(2,3)4)18(24-22(5,6)7)19(26)25-17(14-28-20(25)27)13-16-11-9-8-10-12-16;;;/h8-12,15,17-18H,13-14H2,1-7H3;;;/q-2;;;+2/t15-,17-,18+;;;/m0.../s1. The van der Waals surface area contributed by atoms with Gasteiger partial charge in [0.25, 0.3) is 0 Å². The summed E-state index contributed by atoms with van der Waals surface area (Å²) in [4.78, 5) is 27.1. The fourth-order valence-electron chi connectivity index (χ4n) is 3.38. The van der Waals surface area contributed by atoms with Crippen LogP contribution in [0.2, 0.25) is 0 Å². The molecule has 0 saturated carbocycles. The van der Waals surface area contributed by atoms with Gasteiger partial charge in [-0.05, 0) is 12.0 Å². The Bertz CT molecular complexity index is 768. The molecule has 8 nitrogen and oxygen atoms in total. The summed E-state index contributed by atoms with van der Waals surface area (Å²) in [5.41, 5.74) is 0.321. The predicted octanol–water partition coefficient (Wildman–Crippen LogP) is 4.44. The van der Waals surface area contributed by atoms with E-state index in [1.165, 1.54) is 4.90 Å². The van der Waals surface area contributed by atoms with Crippen molar-refractivity contribution >= 4 is 12.0 Å². The molecule has 0 aliphatic carbocycles. The quantitative estimate of drug-likeness (QED) is 0.474. The number of rotatable bonds is 6. The zero-order chi connectivity index (χ0) is 23.8. The molecule has 2 rings (SSSR count). The zero-order valence-electron chi connectivity index (χ0n) is 19.3. The van der Waals surface area contributed by atoms with Gasteiger partial charge in [-0.15, -0.1) is 17.1 Å². The Morgan fingerprint density at radius 3 is 2.10 bits per heavy atom. The predicted molar refractivity (Wildman–Crippen MR) is 113 cm³/mol. The van der Waals surface area contributed by atoms with Crippen molar-refractivity contribution < 1.29 is 38.7 Å². The second kappa shape index (κ2) is 11.8. The van der Waals surface area contributed by atoms with E-state index in [1.807, 2.05) is 78.8 Å². The first kappa shape index (κ1) is 27.4. The van der Waals surface area contributed by atoms with E-state index in [2.05, 4.69) is 0 Å². The first-order chi connectivity index (χ1) is 14.3. The number of ether oxygens (including phenoxy) is 1. The molecule has 1 saturated heterocycles. The summed E-state index contributed by atoms with van der Waals surface area (Å²) >= 11 is -2.08. The van der Waals surface area contributed by atoms with Gasteiger partial charge in [-0.3, -0.25) is 4.79 Å². The molecule has 31 heavy (non-hydrogen) atoms. The van der Waals surface area contributed by atoms with E-state index in [-0.39, 0.29) is 30.1 Å². The Hall–Kier alpha value is -1.68. The first-order valence-corrected chi connectivity index (χ1v) is 12.2. The van der Waals surface area contributed by atoms with Crippen LogP contribution in [0.25, 0.3) is 10.6 Å². The second-order valence-corrected chi connectivity index (χ2v) is 9.90. The van der Waals surface area contributed by atoms with Crippen LogP contribution in [0.15, 0.2) is 30.3 Å². The van der Waals surface area contributed by atoms with E-state index >= 15 is 0 Å². The second-order valence-electron chi connectivity index (χ2n) is 9.47. The number of carbonyl (C=O) groups excluding carboxylic acids is 2. The first-order valence-electron chi connectivity index (χ1n) is 10.1. The van der Waals surface area contributed by atoms with Crippen LogP contribution in [0.3, 0.4) is 0 Å². The van der Waals surface area contributed by atoms with Crippen molar-refractivity contribution in [2.45, 2.75) is 84.1 Å². The molecule has 1 fully saturated rings. The average Bonchev–Trinajstić information content (AvgIpc) is 2.98. The van der Waals surface area contributed by atoms with Crippen molar-refractivity contribution in [1.29, 1.82) is 0 Å². The van der Waals surface area contributed by atoms with Crippen molar-refractivity contribution in [2.75, 3.05) is 6.61 Å². The molecule has 1 aliphatic rings. The maximum absolute atomic E-state index is 13.4. The number of nitrogens with zero attached hydrogens (tertiary/aromatic N) is 3. The molecule has 1 aliphatic heterocycles. The van der Waals surface area contributed by atoms with E-state index in [0.29, 0.717) is 6.42 Å². The van der Waals surface area contributed by atoms with E-state index in [0.717, 1.165) is 5.56 Å². The third-order valence-corrected chi connectivity index (χ3v) is 4.34. The van der Waals surface area contributed by atoms with Crippen LogP contribution >= 0.6 is 0 Å². The van der Waals surface area contributed by atoms with Crippen molar-refractivity contribution in [3.8, 4) is 0 Å². The molecule has 0 radical (unpaired) electrons. The Morgan fingerprint density at radius 2 is 1.61 bits per heavy atom. The monoisotopic (exact) mass is 611 g/mol. The summed E-state index contributed by atoms with van der Waals surface area (Å²) in [7, 11) is 0. The van der Waals surface area contributed by atoms with Gasteiger partial charge in [-0.25, -0.2) is 9.69 Å². The van der Waals surface area contributed by atoms with Gasteiger partial charge in [0, 0.05) is 0 Å². The van der Waals surface area contributed by atoms with Crippen LogP contribution in [0.4, 0.5) is 4.79 Å². The number of imide groups is 1. The maximum atomic E-state index is 13.4. The molecular formula is C22H33N3O5Os.